The molecule has 0 aliphatic heterocycles. The zero-order chi connectivity index (χ0) is 9.68. The summed E-state index contributed by atoms with van der Waals surface area (Å²) >= 11 is 1.69. The van der Waals surface area contributed by atoms with Crippen molar-refractivity contribution in [3.8, 4) is 0 Å². The Morgan fingerprint density at radius 3 is 3.00 bits per heavy atom. The molecule has 74 valence electrons. The van der Waals surface area contributed by atoms with E-state index in [0.717, 1.165) is 18.2 Å². The number of aromatic nitrogens is 1. The van der Waals surface area contributed by atoms with Crippen molar-refractivity contribution in [3.63, 3.8) is 0 Å². The van der Waals surface area contributed by atoms with E-state index in [4.69, 9.17) is 0 Å². The van der Waals surface area contributed by atoms with Gasteiger partial charge in [-0.1, -0.05) is 6.92 Å². The van der Waals surface area contributed by atoms with Gasteiger partial charge >= 0.3 is 0 Å². The Kier molecular flexibility index (Phi) is 4.18. The molecule has 13 heavy (non-hydrogen) atoms. The minimum absolute atomic E-state index is 0.652. The second-order valence-electron chi connectivity index (χ2n) is 3.36. The van der Waals surface area contributed by atoms with Gasteiger partial charge in [0.05, 0.1) is 0 Å². The smallest absolute Gasteiger partial charge is 0.184 e. The Morgan fingerprint density at radius 2 is 2.46 bits per heavy atom. The lowest BCUT2D eigenvalue weighted by atomic mass is 10.2. The van der Waals surface area contributed by atoms with Crippen LogP contribution in [-0.2, 0) is 0 Å². The first kappa shape index (κ1) is 10.5. The molecule has 1 rings (SSSR count). The van der Waals surface area contributed by atoms with Gasteiger partial charge in [-0.25, -0.2) is 4.98 Å². The van der Waals surface area contributed by atoms with Gasteiger partial charge in [0.25, 0.3) is 0 Å². The Labute approximate surface area is 83.8 Å². The van der Waals surface area contributed by atoms with E-state index in [1.807, 2.05) is 18.6 Å². The van der Waals surface area contributed by atoms with E-state index in [-0.39, 0.29) is 0 Å². The van der Waals surface area contributed by atoms with Gasteiger partial charge in [0.15, 0.2) is 5.13 Å². The second kappa shape index (κ2) is 5.19. The van der Waals surface area contributed by atoms with Crippen LogP contribution in [0.15, 0.2) is 11.6 Å². The van der Waals surface area contributed by atoms with Gasteiger partial charge in [0, 0.05) is 25.2 Å². The van der Waals surface area contributed by atoms with Crippen molar-refractivity contribution in [2.24, 2.45) is 5.92 Å². The summed E-state index contributed by atoms with van der Waals surface area (Å²) in [4.78, 5) is 6.45. The highest BCUT2D eigenvalue weighted by molar-refractivity contribution is 7.13. The minimum Gasteiger partial charge on any atom is -0.351 e. The quantitative estimate of drug-likeness (QED) is 0.777. The summed E-state index contributed by atoms with van der Waals surface area (Å²) in [5, 5.41) is 6.28. The van der Waals surface area contributed by atoms with Gasteiger partial charge in [0.1, 0.15) is 0 Å². The molecule has 1 unspecified atom stereocenters. The molecule has 0 aromatic carbocycles. The summed E-state index contributed by atoms with van der Waals surface area (Å²) in [7, 11) is 4.07. The fraction of sp³-hybridized carbons (Fsp3) is 0.667. The number of hydrogen-bond acceptors (Lipinski definition) is 4. The maximum atomic E-state index is 4.25. The number of hydrogen-bond donors (Lipinski definition) is 1. The standard InChI is InChI=1S/C9H17N3S/c1-8(6-10-2)7-12(3)9-11-4-5-13-9/h4-5,8,10H,6-7H2,1-3H3. The monoisotopic (exact) mass is 199 g/mol. The molecule has 1 heterocycles. The van der Waals surface area contributed by atoms with Crippen molar-refractivity contribution >= 4 is 16.5 Å². The molecule has 0 aliphatic carbocycles. The van der Waals surface area contributed by atoms with Gasteiger partial charge in [0.2, 0.25) is 0 Å². The van der Waals surface area contributed by atoms with Crippen molar-refractivity contribution < 1.29 is 0 Å². The number of nitrogens with one attached hydrogen (secondary N) is 1. The number of thiazole rings is 1. The summed E-state index contributed by atoms with van der Waals surface area (Å²) in [6, 6.07) is 0. The van der Waals surface area contributed by atoms with E-state index >= 15 is 0 Å². The van der Waals surface area contributed by atoms with E-state index < -0.39 is 0 Å². The average molecular weight is 199 g/mol. The van der Waals surface area contributed by atoms with Crippen molar-refractivity contribution in [1.82, 2.24) is 10.3 Å². The molecule has 4 heteroatoms. The van der Waals surface area contributed by atoms with Crippen LogP contribution in [0.1, 0.15) is 6.92 Å². The fourth-order valence-electron chi connectivity index (χ4n) is 1.36. The van der Waals surface area contributed by atoms with Crippen molar-refractivity contribution in [2.45, 2.75) is 6.92 Å². The van der Waals surface area contributed by atoms with Crippen molar-refractivity contribution in [2.75, 3.05) is 32.1 Å². The molecule has 0 bridgehead atoms. The lowest BCUT2D eigenvalue weighted by Crippen LogP contribution is -2.29. The number of nitrogens with zero attached hydrogens (tertiary/aromatic N) is 2. The third-order valence-electron chi connectivity index (χ3n) is 1.88. The van der Waals surface area contributed by atoms with Crippen LogP contribution in [0.5, 0.6) is 0 Å². The molecule has 0 radical (unpaired) electrons. The highest BCUT2D eigenvalue weighted by Crippen LogP contribution is 2.16. The van der Waals surface area contributed by atoms with Gasteiger partial charge in [-0.2, -0.15) is 0 Å². The molecular weight excluding hydrogens is 182 g/mol. The molecule has 1 aromatic heterocycles. The first-order valence-electron chi connectivity index (χ1n) is 4.49. The summed E-state index contributed by atoms with van der Waals surface area (Å²) in [6.07, 6.45) is 1.85. The Balaban J connectivity index is 2.37. The summed E-state index contributed by atoms with van der Waals surface area (Å²) in [6.45, 7) is 4.34. The molecular formula is C9H17N3S. The van der Waals surface area contributed by atoms with E-state index in [2.05, 4.69) is 29.2 Å². The van der Waals surface area contributed by atoms with Crippen LogP contribution in [0.25, 0.3) is 0 Å². The molecule has 1 aromatic rings. The minimum atomic E-state index is 0.652. The highest BCUT2D eigenvalue weighted by atomic mass is 32.1. The third-order valence-corrected chi connectivity index (χ3v) is 2.77. The SMILES string of the molecule is CNCC(C)CN(C)c1nccs1. The highest BCUT2D eigenvalue weighted by Gasteiger charge is 2.07. The van der Waals surface area contributed by atoms with Crippen LogP contribution in [0.4, 0.5) is 5.13 Å². The summed E-state index contributed by atoms with van der Waals surface area (Å²) in [5.41, 5.74) is 0. The third kappa shape index (κ3) is 3.32. The molecule has 0 aliphatic rings. The first-order chi connectivity index (χ1) is 6.24. The average Bonchev–Trinajstić information content (AvgIpc) is 2.55. The topological polar surface area (TPSA) is 28.2 Å². The summed E-state index contributed by atoms with van der Waals surface area (Å²) in [5.74, 6) is 0.652. The molecule has 1 N–H and O–H groups in total. The zero-order valence-electron chi connectivity index (χ0n) is 8.45. The van der Waals surface area contributed by atoms with E-state index in [9.17, 15) is 0 Å². The fourth-order valence-corrected chi connectivity index (χ4v) is 1.98. The summed E-state index contributed by atoms with van der Waals surface area (Å²) < 4.78 is 0. The van der Waals surface area contributed by atoms with Gasteiger partial charge < -0.3 is 10.2 Å². The van der Waals surface area contributed by atoms with Crippen LogP contribution in [0.3, 0.4) is 0 Å². The van der Waals surface area contributed by atoms with Crippen molar-refractivity contribution in [3.05, 3.63) is 11.6 Å². The van der Waals surface area contributed by atoms with Crippen LogP contribution in [0.2, 0.25) is 0 Å². The largest absolute Gasteiger partial charge is 0.351 e. The molecule has 0 amide bonds. The van der Waals surface area contributed by atoms with Gasteiger partial charge in [-0.3, -0.25) is 0 Å². The van der Waals surface area contributed by atoms with Crippen molar-refractivity contribution in [1.29, 1.82) is 0 Å². The first-order valence-corrected chi connectivity index (χ1v) is 5.37. The van der Waals surface area contributed by atoms with Crippen LogP contribution in [-0.4, -0.2) is 32.2 Å². The zero-order valence-corrected chi connectivity index (χ0v) is 9.27. The maximum Gasteiger partial charge on any atom is 0.184 e. The normalized spacial score (nSPS) is 12.8. The lowest BCUT2D eigenvalue weighted by molar-refractivity contribution is 0.542. The van der Waals surface area contributed by atoms with Gasteiger partial charge in [-0.15, -0.1) is 11.3 Å². The number of anilines is 1. The van der Waals surface area contributed by atoms with Gasteiger partial charge in [-0.05, 0) is 19.5 Å². The predicted octanol–water partition coefficient (Wildman–Crippen LogP) is 1.43. The Morgan fingerprint density at radius 1 is 1.69 bits per heavy atom. The van der Waals surface area contributed by atoms with Crippen LogP contribution < -0.4 is 10.2 Å². The van der Waals surface area contributed by atoms with E-state index in [1.165, 1.54) is 0 Å². The number of rotatable bonds is 5. The van der Waals surface area contributed by atoms with E-state index in [0.29, 0.717) is 5.92 Å². The van der Waals surface area contributed by atoms with Crippen LogP contribution in [0, 0.1) is 5.92 Å². The molecule has 1 atom stereocenters. The van der Waals surface area contributed by atoms with Crippen LogP contribution >= 0.6 is 11.3 Å². The molecule has 0 saturated heterocycles. The maximum absolute atomic E-state index is 4.25. The molecule has 0 spiro atoms. The Hall–Kier alpha value is -0.610. The molecule has 0 fully saturated rings. The molecule has 3 nitrogen and oxygen atoms in total. The van der Waals surface area contributed by atoms with E-state index in [1.54, 1.807) is 11.3 Å². The lowest BCUT2D eigenvalue weighted by Gasteiger charge is -2.20. The predicted molar refractivity (Wildman–Crippen MR) is 58.5 cm³/mol. The Bertz CT molecular complexity index is 223. The second-order valence-corrected chi connectivity index (χ2v) is 4.23. The molecule has 0 saturated carbocycles.